The number of hydrogen-bond acceptors (Lipinski definition) is 4. The number of halogens is 2. The summed E-state index contributed by atoms with van der Waals surface area (Å²) in [4.78, 5) is 0. The van der Waals surface area contributed by atoms with Gasteiger partial charge in [0, 0.05) is 0 Å². The van der Waals surface area contributed by atoms with Crippen molar-refractivity contribution in [2.75, 3.05) is 13.4 Å². The second-order valence-electron chi connectivity index (χ2n) is 1.22. The van der Waals surface area contributed by atoms with Crippen LogP contribution in [0.5, 0.6) is 0 Å². The third kappa shape index (κ3) is 3.78. The molecule has 10 heavy (non-hydrogen) atoms. The Labute approximate surface area is 62.6 Å². The Morgan fingerprint density at radius 3 is 2.40 bits per heavy atom. The maximum atomic E-state index is 12.1. The van der Waals surface area contributed by atoms with E-state index in [1.54, 1.807) is 0 Å². The van der Waals surface area contributed by atoms with Crippen molar-refractivity contribution in [3.8, 4) is 0 Å². The van der Waals surface area contributed by atoms with Crippen molar-refractivity contribution in [2.24, 2.45) is 0 Å². The highest BCUT2D eigenvalue weighted by Gasteiger charge is 2.34. The largest absolute Gasteiger partial charge is 0.771 e. The van der Waals surface area contributed by atoms with Crippen LogP contribution in [0.2, 0.25) is 0 Å². The summed E-state index contributed by atoms with van der Waals surface area (Å²) in [6.07, 6.45) is 1.14. The van der Waals surface area contributed by atoms with Gasteiger partial charge in [-0.25, -0.2) is 0 Å². The minimum Gasteiger partial charge on any atom is -0.499 e. The molecule has 60 valence electrons. The maximum absolute atomic E-state index is 12.1. The predicted octanol–water partition coefficient (Wildman–Crippen LogP) is 0.978. The summed E-state index contributed by atoms with van der Waals surface area (Å²) in [5.74, 6) is 0. The topological polar surface area (TPSA) is 35.5 Å². The highest BCUT2D eigenvalue weighted by Crippen LogP contribution is 2.27. The van der Waals surface area contributed by atoms with E-state index < -0.39 is 14.6 Å². The molecule has 0 aliphatic carbocycles. The van der Waals surface area contributed by atoms with Gasteiger partial charge in [0.15, 0.2) is 0 Å². The summed E-state index contributed by atoms with van der Waals surface area (Å²) in [5.41, 5.74) is -3.41. The molecule has 0 aliphatic rings. The van der Waals surface area contributed by atoms with Gasteiger partial charge >= 0.3 is 14.6 Å². The first kappa shape index (κ1) is 9.83. The summed E-state index contributed by atoms with van der Waals surface area (Å²) < 4.78 is 42.1. The minimum atomic E-state index is -3.41. The molecule has 0 fully saturated rings. The average Bonchev–Trinajstić information content (AvgIpc) is 1.87. The fraction of sp³-hybridized carbons (Fsp3) is 1.00. The average molecular weight is 188 g/mol. The van der Waals surface area contributed by atoms with E-state index in [2.05, 4.69) is 8.85 Å². The number of hydrogen-bond donors (Lipinski definition) is 0. The van der Waals surface area contributed by atoms with Crippen LogP contribution >= 0.6 is 11.8 Å². The summed E-state index contributed by atoms with van der Waals surface area (Å²) in [5, 5.41) is 0. The second kappa shape index (κ2) is 3.87. The van der Waals surface area contributed by atoms with Crippen LogP contribution in [-0.4, -0.2) is 28.0 Å². The molecule has 0 spiro atoms. The molecular weight excluding hydrogens is 182 g/mol. The molecule has 0 heterocycles. The lowest BCUT2D eigenvalue weighted by atomic mass is 11.5. The van der Waals surface area contributed by atoms with Crippen LogP contribution in [0.4, 0.5) is 8.78 Å². The lowest BCUT2D eigenvalue weighted by Gasteiger charge is -2.11. The van der Waals surface area contributed by atoms with Crippen molar-refractivity contribution in [1.82, 2.24) is 0 Å². The molecule has 0 radical (unpaired) electrons. The van der Waals surface area contributed by atoms with Crippen LogP contribution in [0.15, 0.2) is 0 Å². The predicted molar refractivity (Wildman–Crippen MR) is 33.0 cm³/mol. The standard InChI is InChI=1S/C3H6F2O3SSi/c1-7-10(6)8-3(4,5)9-2/h1-2H3. The van der Waals surface area contributed by atoms with Crippen molar-refractivity contribution in [1.29, 1.82) is 0 Å². The molecule has 3 nitrogen and oxygen atoms in total. The first-order valence-corrected chi connectivity index (χ1v) is 4.66. The SMILES string of the molecule is CO[Si](=O)OC(F)(F)SC. The Hall–Kier alpha value is -0.173. The van der Waals surface area contributed by atoms with Crippen LogP contribution in [0.1, 0.15) is 0 Å². The molecule has 0 aromatic rings. The molecule has 0 saturated heterocycles. The van der Waals surface area contributed by atoms with Gasteiger partial charge < -0.3 is 8.85 Å². The summed E-state index contributed by atoms with van der Waals surface area (Å²) in [6.45, 7) is 0. The monoisotopic (exact) mass is 188 g/mol. The Bertz CT molecular complexity index is 131. The molecule has 0 unspecified atom stereocenters. The van der Waals surface area contributed by atoms with Gasteiger partial charge in [-0.2, -0.15) is 8.78 Å². The van der Waals surface area contributed by atoms with Crippen molar-refractivity contribution >= 4 is 20.9 Å². The van der Waals surface area contributed by atoms with E-state index in [-0.39, 0.29) is 11.8 Å². The third-order valence-electron chi connectivity index (χ3n) is 0.606. The molecule has 0 saturated carbocycles. The zero-order chi connectivity index (χ0) is 8.20. The van der Waals surface area contributed by atoms with Gasteiger partial charge in [0.05, 0.1) is 7.11 Å². The van der Waals surface area contributed by atoms with Gasteiger partial charge in [-0.3, -0.25) is 4.46 Å². The zero-order valence-corrected chi connectivity index (χ0v) is 7.21. The van der Waals surface area contributed by atoms with Crippen LogP contribution in [0.3, 0.4) is 0 Å². The second-order valence-corrected chi connectivity index (χ2v) is 3.22. The van der Waals surface area contributed by atoms with Crippen molar-refractivity contribution in [3.05, 3.63) is 0 Å². The highest BCUT2D eigenvalue weighted by atomic mass is 32.2. The number of rotatable bonds is 4. The Morgan fingerprint density at radius 1 is 1.60 bits per heavy atom. The highest BCUT2D eigenvalue weighted by molar-refractivity contribution is 7.99. The maximum Gasteiger partial charge on any atom is 0.771 e. The van der Waals surface area contributed by atoms with Gasteiger partial charge in [0.2, 0.25) is 0 Å². The first-order valence-electron chi connectivity index (χ1n) is 2.22. The fourth-order valence-electron chi connectivity index (χ4n) is 0.180. The Morgan fingerprint density at radius 2 is 2.10 bits per heavy atom. The fourth-order valence-corrected chi connectivity index (χ4v) is 0.995. The molecule has 0 N–H and O–H groups in total. The van der Waals surface area contributed by atoms with Gasteiger partial charge in [-0.15, -0.1) is 0 Å². The normalized spacial score (nSPS) is 10.8. The minimum absolute atomic E-state index is 0.161. The van der Waals surface area contributed by atoms with Crippen LogP contribution in [0.25, 0.3) is 0 Å². The summed E-state index contributed by atoms with van der Waals surface area (Å²) in [7, 11) is -1.98. The molecule has 0 atom stereocenters. The van der Waals surface area contributed by atoms with Crippen molar-refractivity contribution in [2.45, 2.75) is 5.44 Å². The summed E-state index contributed by atoms with van der Waals surface area (Å²) >= 11 is 0.161. The van der Waals surface area contributed by atoms with Crippen LogP contribution in [0, 0.1) is 0 Å². The third-order valence-corrected chi connectivity index (χ3v) is 2.07. The van der Waals surface area contributed by atoms with E-state index in [1.807, 2.05) is 0 Å². The number of alkyl halides is 2. The van der Waals surface area contributed by atoms with E-state index in [9.17, 15) is 13.2 Å². The molecule has 0 aromatic carbocycles. The zero-order valence-electron chi connectivity index (χ0n) is 5.39. The van der Waals surface area contributed by atoms with Crippen molar-refractivity contribution < 1.29 is 22.1 Å². The molecule has 0 rings (SSSR count). The lowest BCUT2D eigenvalue weighted by molar-refractivity contribution is -0.106. The molecule has 7 heteroatoms. The number of thioether (sulfide) groups is 1. The van der Waals surface area contributed by atoms with Crippen LogP contribution < -0.4 is 0 Å². The Balaban J connectivity index is 3.76. The molecule has 0 bridgehead atoms. The van der Waals surface area contributed by atoms with Crippen LogP contribution in [-0.2, 0) is 13.3 Å². The van der Waals surface area contributed by atoms with Gasteiger partial charge in [0.1, 0.15) is 0 Å². The van der Waals surface area contributed by atoms with Gasteiger partial charge in [-0.1, -0.05) is 0 Å². The van der Waals surface area contributed by atoms with Gasteiger partial charge in [0.25, 0.3) is 0 Å². The van der Waals surface area contributed by atoms with E-state index in [4.69, 9.17) is 0 Å². The van der Waals surface area contributed by atoms with Gasteiger partial charge in [-0.05, 0) is 18.0 Å². The molecule has 0 aliphatic heterocycles. The summed E-state index contributed by atoms with van der Waals surface area (Å²) in [6, 6.07) is 0. The molecule has 0 aromatic heterocycles. The quantitative estimate of drug-likeness (QED) is 0.486. The van der Waals surface area contributed by atoms with E-state index in [0.29, 0.717) is 0 Å². The van der Waals surface area contributed by atoms with Crippen molar-refractivity contribution in [3.63, 3.8) is 0 Å². The van der Waals surface area contributed by atoms with E-state index >= 15 is 0 Å². The van der Waals surface area contributed by atoms with E-state index in [1.165, 1.54) is 0 Å². The first-order chi connectivity index (χ1) is 4.52. The Kier molecular flexibility index (Phi) is 3.80. The molecular formula is C3H6F2O3SSi. The molecule has 0 amide bonds. The lowest BCUT2D eigenvalue weighted by Crippen LogP contribution is -2.23. The van der Waals surface area contributed by atoms with E-state index in [0.717, 1.165) is 13.4 Å². The smallest absolute Gasteiger partial charge is 0.499 e.